The zero-order valence-electron chi connectivity index (χ0n) is 8.84. The highest BCUT2D eigenvalue weighted by molar-refractivity contribution is 7.80. The molecule has 92 valence electrons. The first kappa shape index (κ1) is 12.6. The molecule has 0 radical (unpaired) electrons. The van der Waals surface area contributed by atoms with E-state index in [2.05, 4.69) is 27.6 Å². The topological polar surface area (TPSA) is 82.0 Å². The number of H-pyrrole nitrogens is 1. The average Bonchev–Trinajstić information content (AvgIpc) is 2.73. The maximum absolute atomic E-state index is 9.99. The van der Waals surface area contributed by atoms with Crippen LogP contribution in [0.4, 0.5) is 0 Å². The SMILES string of the molecule is OC(CCS)C(O)c1c[nH]c2c(Cl)ncnc12. The third-order valence-corrected chi connectivity index (χ3v) is 3.10. The molecule has 3 N–H and O–H groups in total. The largest absolute Gasteiger partial charge is 0.390 e. The molecule has 0 aromatic carbocycles. The lowest BCUT2D eigenvalue weighted by Crippen LogP contribution is -2.18. The van der Waals surface area contributed by atoms with E-state index >= 15 is 0 Å². The molecule has 2 unspecified atom stereocenters. The van der Waals surface area contributed by atoms with E-state index in [9.17, 15) is 10.2 Å². The van der Waals surface area contributed by atoms with Crippen LogP contribution in [0.15, 0.2) is 12.5 Å². The van der Waals surface area contributed by atoms with Gasteiger partial charge in [-0.05, 0) is 12.2 Å². The normalized spacial score (nSPS) is 15.1. The summed E-state index contributed by atoms with van der Waals surface area (Å²) in [5, 5.41) is 20.0. The van der Waals surface area contributed by atoms with Crippen LogP contribution in [0.5, 0.6) is 0 Å². The fraction of sp³-hybridized carbons (Fsp3) is 0.400. The third kappa shape index (κ3) is 2.40. The fourth-order valence-electron chi connectivity index (χ4n) is 1.65. The molecule has 0 saturated carbocycles. The molecule has 5 nitrogen and oxygen atoms in total. The Morgan fingerprint density at radius 2 is 2.18 bits per heavy atom. The molecular formula is C10H12ClN3O2S. The number of halogens is 1. The lowest BCUT2D eigenvalue weighted by molar-refractivity contribution is 0.0180. The zero-order valence-corrected chi connectivity index (χ0v) is 10.5. The molecule has 0 bridgehead atoms. The van der Waals surface area contributed by atoms with Gasteiger partial charge in [-0.1, -0.05) is 11.6 Å². The predicted molar refractivity (Wildman–Crippen MR) is 68.3 cm³/mol. The van der Waals surface area contributed by atoms with Gasteiger partial charge in [0.15, 0.2) is 5.15 Å². The van der Waals surface area contributed by atoms with Gasteiger partial charge in [0.25, 0.3) is 0 Å². The smallest absolute Gasteiger partial charge is 0.156 e. The van der Waals surface area contributed by atoms with Crippen LogP contribution in [0.3, 0.4) is 0 Å². The Morgan fingerprint density at radius 1 is 1.41 bits per heavy atom. The van der Waals surface area contributed by atoms with Crippen molar-refractivity contribution in [2.45, 2.75) is 18.6 Å². The lowest BCUT2D eigenvalue weighted by atomic mass is 10.0. The maximum atomic E-state index is 9.99. The Bertz CT molecular complexity index is 519. The standard InChI is InChI=1S/C10H12ClN3O2S/c11-10-8-7(13-4-14-10)5(3-12-8)9(16)6(15)1-2-17/h3-4,6,9,12,15-17H,1-2H2. The summed E-state index contributed by atoms with van der Waals surface area (Å²) in [7, 11) is 0. The van der Waals surface area contributed by atoms with Crippen LogP contribution >= 0.6 is 24.2 Å². The van der Waals surface area contributed by atoms with Crippen molar-refractivity contribution < 1.29 is 10.2 Å². The van der Waals surface area contributed by atoms with Gasteiger partial charge >= 0.3 is 0 Å². The first-order valence-electron chi connectivity index (χ1n) is 5.09. The third-order valence-electron chi connectivity index (χ3n) is 2.55. The van der Waals surface area contributed by atoms with E-state index in [4.69, 9.17) is 11.6 Å². The second-order valence-corrected chi connectivity index (χ2v) is 4.46. The number of hydrogen-bond donors (Lipinski definition) is 4. The van der Waals surface area contributed by atoms with Crippen molar-refractivity contribution in [1.82, 2.24) is 15.0 Å². The monoisotopic (exact) mass is 273 g/mol. The van der Waals surface area contributed by atoms with E-state index in [1.54, 1.807) is 6.20 Å². The zero-order chi connectivity index (χ0) is 12.4. The molecule has 2 atom stereocenters. The van der Waals surface area contributed by atoms with Gasteiger partial charge in [-0.2, -0.15) is 12.6 Å². The molecule has 0 spiro atoms. The molecule has 0 aliphatic rings. The quantitative estimate of drug-likeness (QED) is 0.500. The predicted octanol–water partition coefficient (Wildman–Crippen LogP) is 1.33. The number of nitrogens with zero attached hydrogens (tertiary/aromatic N) is 2. The fourth-order valence-corrected chi connectivity index (χ4v) is 2.10. The Hall–Kier alpha value is -0.820. The number of aliphatic hydroxyl groups is 2. The highest BCUT2D eigenvalue weighted by Gasteiger charge is 2.22. The second-order valence-electron chi connectivity index (χ2n) is 3.66. The number of nitrogens with one attached hydrogen (secondary N) is 1. The molecule has 2 rings (SSSR count). The van der Waals surface area contributed by atoms with Crippen molar-refractivity contribution >= 4 is 35.3 Å². The minimum atomic E-state index is -1.01. The van der Waals surface area contributed by atoms with Crippen molar-refractivity contribution in [3.05, 3.63) is 23.2 Å². The van der Waals surface area contributed by atoms with Gasteiger partial charge in [0.2, 0.25) is 0 Å². The van der Waals surface area contributed by atoms with Crippen LogP contribution < -0.4 is 0 Å². The van der Waals surface area contributed by atoms with Crippen LogP contribution in [-0.4, -0.2) is 37.0 Å². The van der Waals surface area contributed by atoms with Gasteiger partial charge in [0.05, 0.1) is 11.6 Å². The maximum Gasteiger partial charge on any atom is 0.156 e. The van der Waals surface area contributed by atoms with Gasteiger partial charge < -0.3 is 15.2 Å². The molecule has 0 fully saturated rings. The molecule has 2 aromatic heterocycles. The molecule has 7 heteroatoms. The molecule has 0 saturated heterocycles. The number of fused-ring (bicyclic) bond motifs is 1. The highest BCUT2D eigenvalue weighted by atomic mass is 35.5. The van der Waals surface area contributed by atoms with Crippen molar-refractivity contribution in [3.63, 3.8) is 0 Å². The van der Waals surface area contributed by atoms with Crippen LogP contribution in [0.25, 0.3) is 11.0 Å². The van der Waals surface area contributed by atoms with Gasteiger partial charge in [-0.3, -0.25) is 0 Å². The first-order chi connectivity index (χ1) is 8.15. The van der Waals surface area contributed by atoms with E-state index in [1.165, 1.54) is 6.33 Å². The summed E-state index contributed by atoms with van der Waals surface area (Å²) in [6.07, 6.45) is 1.41. The van der Waals surface area contributed by atoms with E-state index in [-0.39, 0.29) is 5.15 Å². The Kier molecular flexibility index (Phi) is 3.88. The van der Waals surface area contributed by atoms with Crippen LogP contribution in [-0.2, 0) is 0 Å². The number of hydrogen-bond acceptors (Lipinski definition) is 5. The number of aromatic nitrogens is 3. The summed E-state index contributed by atoms with van der Waals surface area (Å²) in [6, 6.07) is 0. The minimum Gasteiger partial charge on any atom is -0.390 e. The van der Waals surface area contributed by atoms with Gasteiger partial charge in [0.1, 0.15) is 17.9 Å². The van der Waals surface area contributed by atoms with Gasteiger partial charge in [0, 0.05) is 11.8 Å². The number of aliphatic hydroxyl groups excluding tert-OH is 2. The van der Waals surface area contributed by atoms with Crippen molar-refractivity contribution in [2.75, 3.05) is 5.75 Å². The summed E-state index contributed by atoms with van der Waals surface area (Å²) in [5.41, 5.74) is 1.59. The molecule has 0 amide bonds. The van der Waals surface area contributed by atoms with Gasteiger partial charge in [-0.25, -0.2) is 9.97 Å². The summed E-state index contributed by atoms with van der Waals surface area (Å²) >= 11 is 9.89. The van der Waals surface area contributed by atoms with E-state index < -0.39 is 12.2 Å². The minimum absolute atomic E-state index is 0.289. The van der Waals surface area contributed by atoms with Crippen molar-refractivity contribution in [1.29, 1.82) is 0 Å². The molecular weight excluding hydrogens is 262 g/mol. The van der Waals surface area contributed by atoms with Gasteiger partial charge in [-0.15, -0.1) is 0 Å². The summed E-state index contributed by atoms with van der Waals surface area (Å²) < 4.78 is 0. The number of thiol groups is 1. The highest BCUT2D eigenvalue weighted by Crippen LogP contribution is 2.28. The molecule has 17 heavy (non-hydrogen) atoms. The molecule has 2 heterocycles. The van der Waals surface area contributed by atoms with Crippen LogP contribution in [0, 0.1) is 0 Å². The van der Waals surface area contributed by atoms with Crippen LogP contribution in [0.1, 0.15) is 18.1 Å². The van der Waals surface area contributed by atoms with Crippen molar-refractivity contribution in [2.24, 2.45) is 0 Å². The summed E-state index contributed by atoms with van der Waals surface area (Å²) in [5.74, 6) is 0.496. The van der Waals surface area contributed by atoms with Crippen molar-refractivity contribution in [3.8, 4) is 0 Å². The Labute approximate surface area is 108 Å². The Balaban J connectivity index is 2.39. The summed E-state index contributed by atoms with van der Waals surface area (Å²) in [6.45, 7) is 0. The second kappa shape index (κ2) is 5.22. The first-order valence-corrected chi connectivity index (χ1v) is 6.10. The molecule has 0 aliphatic heterocycles. The van der Waals surface area contributed by atoms with E-state index in [1.807, 2.05) is 0 Å². The number of aromatic amines is 1. The van der Waals surface area contributed by atoms with E-state index in [0.29, 0.717) is 28.8 Å². The average molecular weight is 274 g/mol. The Morgan fingerprint density at radius 3 is 2.88 bits per heavy atom. The summed E-state index contributed by atoms with van der Waals surface area (Å²) in [4.78, 5) is 10.8. The lowest BCUT2D eigenvalue weighted by Gasteiger charge is -2.15. The number of rotatable bonds is 4. The molecule has 0 aliphatic carbocycles. The van der Waals surface area contributed by atoms with E-state index in [0.717, 1.165) is 0 Å². The van der Waals surface area contributed by atoms with Crippen LogP contribution in [0.2, 0.25) is 5.15 Å². The molecule has 2 aromatic rings.